The van der Waals surface area contributed by atoms with Crippen molar-refractivity contribution in [3.05, 3.63) is 71.4 Å². The van der Waals surface area contributed by atoms with E-state index in [2.05, 4.69) is 15.6 Å². The average Bonchev–Trinajstić information content (AvgIpc) is 3.21. The van der Waals surface area contributed by atoms with Crippen molar-refractivity contribution in [2.45, 2.75) is 63.3 Å². The highest BCUT2D eigenvalue weighted by Gasteiger charge is 2.45. The quantitative estimate of drug-likeness (QED) is 0.308. The van der Waals surface area contributed by atoms with Crippen molar-refractivity contribution in [3.8, 4) is 5.75 Å². The van der Waals surface area contributed by atoms with Crippen LogP contribution >= 0.6 is 0 Å². The number of ether oxygens (including phenoxy) is 1. The molecule has 2 aromatic carbocycles. The molecule has 2 bridgehead atoms. The maximum atomic E-state index is 13.1. The number of hydrogen-bond acceptors (Lipinski definition) is 6. The van der Waals surface area contributed by atoms with Gasteiger partial charge in [-0.2, -0.15) is 0 Å². The van der Waals surface area contributed by atoms with Gasteiger partial charge in [-0.25, -0.2) is 5.48 Å². The molecule has 0 aliphatic carbocycles. The number of amides is 2. The Kier molecular flexibility index (Phi) is 6.40. The van der Waals surface area contributed by atoms with E-state index < -0.39 is 11.4 Å². The zero-order chi connectivity index (χ0) is 24.4. The minimum atomic E-state index is -0.684. The Bertz CT molecular complexity index is 1230. The molecule has 2 atom stereocenters. The van der Waals surface area contributed by atoms with Crippen LogP contribution in [-0.4, -0.2) is 39.6 Å². The van der Waals surface area contributed by atoms with Crippen molar-refractivity contribution >= 4 is 22.7 Å². The van der Waals surface area contributed by atoms with Gasteiger partial charge in [-0.1, -0.05) is 18.2 Å². The van der Waals surface area contributed by atoms with Crippen molar-refractivity contribution in [3.63, 3.8) is 0 Å². The molecule has 2 saturated heterocycles. The molecule has 35 heavy (non-hydrogen) atoms. The van der Waals surface area contributed by atoms with Gasteiger partial charge in [0.25, 0.3) is 5.91 Å². The summed E-state index contributed by atoms with van der Waals surface area (Å²) in [7, 11) is 0. The first-order chi connectivity index (χ1) is 16.9. The molecule has 2 aliphatic heterocycles. The number of fused-ring (bicyclic) bond motifs is 3. The maximum Gasteiger partial charge on any atom is 0.251 e. The second-order valence-electron chi connectivity index (χ2n) is 9.75. The number of aryl methyl sites for hydroxylation is 1. The third-order valence-electron chi connectivity index (χ3n) is 7.05. The van der Waals surface area contributed by atoms with E-state index in [1.165, 1.54) is 0 Å². The SMILES string of the molecule is Cc1cc(COc2ccc(C(=O)NC3(CC(=O)NO)CC4CCC(C3)N4)cc2)c2ccccc2n1. The summed E-state index contributed by atoms with van der Waals surface area (Å²) in [5, 5.41) is 16.8. The molecule has 0 saturated carbocycles. The standard InChI is InChI=1S/C27H30N4O4/c1-17-12-19(23-4-2-3-5-24(23)28-17)16-35-22-10-6-18(7-11-22)26(33)30-27(15-25(32)31-34)13-20-8-9-21(14-27)29-20/h2-7,10-12,20-21,29,34H,8-9,13-16H2,1H3,(H,30,33)(H,31,32). The Morgan fingerprint density at radius 1 is 1.11 bits per heavy atom. The molecule has 5 rings (SSSR count). The third kappa shape index (κ3) is 5.13. The summed E-state index contributed by atoms with van der Waals surface area (Å²) in [4.78, 5) is 29.7. The van der Waals surface area contributed by atoms with Crippen LogP contribution < -0.4 is 20.9 Å². The van der Waals surface area contributed by atoms with Gasteiger partial charge in [-0.05, 0) is 69.0 Å². The van der Waals surface area contributed by atoms with Crippen molar-refractivity contribution in [2.24, 2.45) is 0 Å². The largest absolute Gasteiger partial charge is 0.489 e. The lowest BCUT2D eigenvalue weighted by molar-refractivity contribution is -0.131. The predicted molar refractivity (Wildman–Crippen MR) is 131 cm³/mol. The lowest BCUT2D eigenvalue weighted by Gasteiger charge is -2.41. The molecule has 3 aromatic rings. The zero-order valence-electron chi connectivity index (χ0n) is 19.7. The van der Waals surface area contributed by atoms with Crippen LogP contribution in [0.5, 0.6) is 5.75 Å². The second-order valence-corrected chi connectivity index (χ2v) is 9.75. The van der Waals surface area contributed by atoms with Gasteiger partial charge in [0.05, 0.1) is 17.5 Å². The fourth-order valence-electron chi connectivity index (χ4n) is 5.58. The van der Waals surface area contributed by atoms with Crippen molar-refractivity contribution in [1.82, 2.24) is 21.1 Å². The first-order valence-electron chi connectivity index (χ1n) is 12.0. The summed E-state index contributed by atoms with van der Waals surface area (Å²) in [6, 6.07) is 17.6. The van der Waals surface area contributed by atoms with Crippen molar-refractivity contribution in [1.29, 1.82) is 0 Å². The van der Waals surface area contributed by atoms with Crippen molar-refractivity contribution < 1.29 is 19.5 Å². The third-order valence-corrected chi connectivity index (χ3v) is 7.05. The number of para-hydroxylation sites is 1. The van der Waals surface area contributed by atoms with Crippen LogP contribution in [0.2, 0.25) is 0 Å². The molecule has 2 fully saturated rings. The number of pyridine rings is 1. The highest BCUT2D eigenvalue weighted by Crippen LogP contribution is 2.36. The van der Waals surface area contributed by atoms with E-state index in [0.29, 0.717) is 30.8 Å². The Labute approximate surface area is 204 Å². The van der Waals surface area contributed by atoms with E-state index in [9.17, 15) is 9.59 Å². The molecule has 3 heterocycles. The fraction of sp³-hybridized carbons (Fsp3) is 0.370. The molecule has 0 radical (unpaired) electrons. The molecule has 2 unspecified atom stereocenters. The number of benzene rings is 2. The normalized spacial score (nSPS) is 23.1. The summed E-state index contributed by atoms with van der Waals surface area (Å²) < 4.78 is 6.01. The zero-order valence-corrected chi connectivity index (χ0v) is 19.7. The molecule has 2 aliphatic rings. The summed E-state index contributed by atoms with van der Waals surface area (Å²) in [6.07, 6.45) is 3.42. The molecule has 4 N–H and O–H groups in total. The Balaban J connectivity index is 1.27. The lowest BCUT2D eigenvalue weighted by Crippen LogP contribution is -2.59. The smallest absolute Gasteiger partial charge is 0.251 e. The number of rotatable bonds is 7. The van der Waals surface area contributed by atoms with E-state index in [1.54, 1.807) is 29.7 Å². The van der Waals surface area contributed by atoms with E-state index in [-0.39, 0.29) is 24.4 Å². The number of hydrogen-bond donors (Lipinski definition) is 4. The van der Waals surface area contributed by atoms with Gasteiger partial charge >= 0.3 is 0 Å². The highest BCUT2D eigenvalue weighted by atomic mass is 16.5. The first kappa shape index (κ1) is 23.3. The van der Waals surface area contributed by atoms with E-state index in [4.69, 9.17) is 9.94 Å². The van der Waals surface area contributed by atoms with Gasteiger partial charge < -0.3 is 15.4 Å². The number of aromatic nitrogens is 1. The maximum absolute atomic E-state index is 13.1. The summed E-state index contributed by atoms with van der Waals surface area (Å²) >= 11 is 0. The summed E-state index contributed by atoms with van der Waals surface area (Å²) in [6.45, 7) is 2.36. The van der Waals surface area contributed by atoms with Crippen LogP contribution in [0.15, 0.2) is 54.6 Å². The van der Waals surface area contributed by atoms with E-state index in [0.717, 1.165) is 35.0 Å². The predicted octanol–water partition coefficient (Wildman–Crippen LogP) is 3.40. The summed E-state index contributed by atoms with van der Waals surface area (Å²) in [5.41, 5.74) is 4.46. The van der Waals surface area contributed by atoms with Crippen LogP contribution in [-0.2, 0) is 11.4 Å². The summed E-state index contributed by atoms with van der Waals surface area (Å²) in [5.74, 6) is -0.0667. The molecule has 182 valence electrons. The van der Waals surface area contributed by atoms with Gasteiger partial charge in [0.2, 0.25) is 5.91 Å². The van der Waals surface area contributed by atoms with Crippen LogP contribution in [0.1, 0.15) is 53.7 Å². The molecule has 8 heteroatoms. The average molecular weight is 475 g/mol. The Hall–Kier alpha value is -3.49. The molecular weight excluding hydrogens is 444 g/mol. The Morgan fingerprint density at radius 2 is 1.83 bits per heavy atom. The van der Waals surface area contributed by atoms with Crippen LogP contribution in [0, 0.1) is 6.92 Å². The number of carbonyl (C=O) groups excluding carboxylic acids is 2. The van der Waals surface area contributed by atoms with Gasteiger partial charge in [0.1, 0.15) is 12.4 Å². The highest BCUT2D eigenvalue weighted by molar-refractivity contribution is 5.95. The molecule has 2 amide bonds. The van der Waals surface area contributed by atoms with Gasteiger partial charge in [0, 0.05) is 34.3 Å². The van der Waals surface area contributed by atoms with Gasteiger partial charge in [-0.3, -0.25) is 19.8 Å². The lowest BCUT2D eigenvalue weighted by atomic mass is 9.80. The Morgan fingerprint density at radius 3 is 2.54 bits per heavy atom. The van der Waals surface area contributed by atoms with Crippen molar-refractivity contribution in [2.75, 3.05) is 0 Å². The number of nitrogens with zero attached hydrogens (tertiary/aromatic N) is 1. The van der Waals surface area contributed by atoms with Gasteiger partial charge in [-0.15, -0.1) is 0 Å². The molecule has 1 aromatic heterocycles. The number of hydroxylamine groups is 1. The molecule has 8 nitrogen and oxygen atoms in total. The van der Waals surface area contributed by atoms with Crippen LogP contribution in [0.3, 0.4) is 0 Å². The topological polar surface area (TPSA) is 113 Å². The van der Waals surface area contributed by atoms with Crippen LogP contribution in [0.4, 0.5) is 0 Å². The van der Waals surface area contributed by atoms with Gasteiger partial charge in [0.15, 0.2) is 0 Å². The van der Waals surface area contributed by atoms with Crippen LogP contribution in [0.25, 0.3) is 10.9 Å². The number of nitrogens with one attached hydrogen (secondary N) is 3. The van der Waals surface area contributed by atoms with E-state index >= 15 is 0 Å². The monoisotopic (exact) mass is 474 g/mol. The second kappa shape index (κ2) is 9.64. The number of piperidine rings is 1. The number of carbonyl (C=O) groups is 2. The minimum absolute atomic E-state index is 0.0461. The van der Waals surface area contributed by atoms with E-state index in [1.807, 2.05) is 37.3 Å². The molecule has 0 spiro atoms. The fourth-order valence-corrected chi connectivity index (χ4v) is 5.58. The minimum Gasteiger partial charge on any atom is -0.489 e. The first-order valence-corrected chi connectivity index (χ1v) is 12.0. The molecular formula is C27H30N4O4.